The predicted molar refractivity (Wildman–Crippen MR) is 529 cm³/mol. The van der Waals surface area contributed by atoms with E-state index >= 15 is 0 Å². The summed E-state index contributed by atoms with van der Waals surface area (Å²) in [5.41, 5.74) is 4.81. The van der Waals surface area contributed by atoms with Crippen LogP contribution >= 0.6 is 0 Å². The molecule has 16 aliphatic rings. The highest BCUT2D eigenvalue weighted by Gasteiger charge is 2.69. The lowest BCUT2D eigenvalue weighted by atomic mass is 9.47. The van der Waals surface area contributed by atoms with Gasteiger partial charge in [-0.15, -0.1) is 0 Å². The summed E-state index contributed by atoms with van der Waals surface area (Å²) in [6.07, 6.45) is 17.8. The second-order valence-corrected chi connectivity index (χ2v) is 50.7. The third-order valence-electron chi connectivity index (χ3n) is 43.3. The van der Waals surface area contributed by atoms with Gasteiger partial charge in [0, 0.05) is 106 Å². The van der Waals surface area contributed by atoms with Gasteiger partial charge in [-0.05, 0) is 335 Å². The Hall–Kier alpha value is -6.50. The molecule has 38 atom stereocenters. The minimum absolute atomic E-state index is 0.0363. The molecule has 0 aromatic rings. The fourth-order valence-electron chi connectivity index (χ4n) is 34.4. The molecule has 0 aromatic heterocycles. The first kappa shape index (κ1) is 109. The summed E-state index contributed by atoms with van der Waals surface area (Å²) in [5.74, 6) is -2.02. The lowest BCUT2D eigenvalue weighted by molar-refractivity contribution is -0.174. The van der Waals surface area contributed by atoms with Crippen LogP contribution in [0.25, 0.3) is 0 Å². The Labute approximate surface area is 821 Å². The number of hydrogen-bond donors (Lipinski definition) is 12. The second kappa shape index (κ2) is 39.5. The van der Waals surface area contributed by atoms with Crippen molar-refractivity contribution >= 4 is 58.6 Å². The van der Waals surface area contributed by atoms with E-state index in [9.17, 15) is 109 Å². The molecular weight excluding hydrogens is 1750 g/mol. The summed E-state index contributed by atoms with van der Waals surface area (Å²) in [6.45, 7) is 56.3. The molecule has 0 aliphatic heterocycles. The zero-order valence-corrected chi connectivity index (χ0v) is 87.1. The van der Waals surface area contributed by atoms with Gasteiger partial charge in [0.1, 0.15) is 11.6 Å². The smallest absolute Gasteiger partial charge is 0.310 e. The number of carbonyl (C=O) groups excluding carboxylic acids is 6. The first-order valence-corrected chi connectivity index (χ1v) is 53.3. The Balaban J connectivity index is 0.000000155. The topological polar surface area (TPSA) is 413 Å². The number of allylic oxidation sites excluding steroid dienone is 4. The molecule has 8 fully saturated rings. The van der Waals surface area contributed by atoms with Crippen molar-refractivity contribution in [1.29, 1.82) is 0 Å². The van der Waals surface area contributed by atoms with Crippen LogP contribution in [0, 0.1) is 174 Å². The molecule has 768 valence electrons. The Bertz CT molecular complexity index is 4700. The van der Waals surface area contributed by atoms with Crippen molar-refractivity contribution < 1.29 is 109 Å². The summed E-state index contributed by atoms with van der Waals surface area (Å²) < 4.78 is 0. The van der Waals surface area contributed by atoms with Crippen molar-refractivity contribution in [2.45, 2.75) is 392 Å². The molecule has 0 bridgehead atoms. The van der Waals surface area contributed by atoms with Crippen LogP contribution in [0.5, 0.6) is 0 Å². The minimum Gasteiger partial charge on any atom is -0.481 e. The van der Waals surface area contributed by atoms with E-state index in [1.807, 2.05) is 13.8 Å². The van der Waals surface area contributed by atoms with E-state index in [2.05, 4.69) is 109 Å². The molecule has 22 heteroatoms. The van der Waals surface area contributed by atoms with Gasteiger partial charge in [-0.2, -0.15) is 0 Å². The van der Waals surface area contributed by atoms with Crippen LogP contribution in [-0.4, -0.2) is 168 Å². The molecule has 0 spiro atoms. The maximum atomic E-state index is 13.9. The summed E-state index contributed by atoms with van der Waals surface area (Å²) >= 11 is 0. The highest BCUT2D eigenvalue weighted by Crippen LogP contribution is 2.72. The van der Waals surface area contributed by atoms with Crippen LogP contribution in [0.2, 0.25) is 0 Å². The van der Waals surface area contributed by atoms with Gasteiger partial charge < -0.3 is 61.3 Å². The van der Waals surface area contributed by atoms with E-state index in [-0.39, 0.29) is 126 Å². The summed E-state index contributed by atoms with van der Waals surface area (Å²) in [6, 6.07) is 0. The SMILES string of the molecule is C=C(CC[C@@H](C)[C@H]1CC[C@H]2C3=C(C(=O)C[C@]12C)[C@@]1(C)CCC(=O)[C@@H](C)[C@@H]1C[C@@H]3O)[C@@H](C)C(=O)O.C=C(CC[C@@H](C)[C@H]1CC[C@H]2C3=C(C(=O)C[C@]12C)[C@@]1(C)CCC(=O)[C@@H](C)[C@@H]1C[C@@H]3O)[C@H](C)C(=O)O.C=C(CC[C@@H](C)[C@H]1CC[C@H]2C3=C(C(=O)C[C@]12C)[C@@]1(C)CC[C@@H](O)[C@](C)(O)[C@@H]1C[C@@H]3O)[C@@H](C)C(=O)O.C=C(CC[C@@H](C)[C@H]1CC[C@H]2C3=C(C(=O)C[C@]12C)[C@@]1(C)CC[C@@H](O)[C@](C)(O)[C@@H]1C[C@@H]3O)[C@H](C)C(=O)O. The molecule has 22 nitrogen and oxygen atoms in total. The van der Waals surface area contributed by atoms with Crippen LogP contribution in [-0.2, 0) is 47.9 Å². The number of carboxylic acid groups (broad SMARTS) is 4. The Kier molecular flexibility index (Phi) is 31.1. The molecule has 16 aliphatic carbocycles. The lowest BCUT2D eigenvalue weighted by Crippen LogP contribution is -2.61. The van der Waals surface area contributed by atoms with Crippen LogP contribution < -0.4 is 0 Å². The van der Waals surface area contributed by atoms with Crippen LogP contribution in [0.1, 0.15) is 344 Å². The first-order chi connectivity index (χ1) is 64.0. The molecule has 0 saturated heterocycles. The van der Waals surface area contributed by atoms with Crippen molar-refractivity contribution in [3.63, 3.8) is 0 Å². The molecule has 0 radical (unpaired) electrons. The van der Waals surface area contributed by atoms with Gasteiger partial charge >= 0.3 is 23.9 Å². The fourth-order valence-corrected chi connectivity index (χ4v) is 34.4. The number of hydrogen-bond acceptors (Lipinski definition) is 18. The van der Waals surface area contributed by atoms with Gasteiger partial charge in [0.05, 0.1) is 71.5 Å². The Morgan fingerprint density at radius 2 is 0.543 bits per heavy atom. The number of ketones is 6. The molecule has 8 saturated carbocycles. The van der Waals surface area contributed by atoms with Crippen molar-refractivity contribution in [2.24, 2.45) is 174 Å². The summed E-state index contributed by atoms with van der Waals surface area (Å²) in [7, 11) is 0. The Morgan fingerprint density at radius 3 is 0.768 bits per heavy atom. The first-order valence-electron chi connectivity index (χ1n) is 53.3. The van der Waals surface area contributed by atoms with E-state index in [4.69, 9.17) is 0 Å². The third kappa shape index (κ3) is 18.3. The zero-order valence-electron chi connectivity index (χ0n) is 87.1. The van der Waals surface area contributed by atoms with Gasteiger partial charge in [0.25, 0.3) is 0 Å². The molecule has 0 amide bonds. The van der Waals surface area contributed by atoms with Gasteiger partial charge in [-0.1, -0.05) is 146 Å². The van der Waals surface area contributed by atoms with Crippen LogP contribution in [0.15, 0.2) is 93.2 Å². The van der Waals surface area contributed by atoms with Gasteiger partial charge in [-0.3, -0.25) is 47.9 Å². The fraction of sp³-hybridized carbons (Fsp3) is 0.776. The average molecular weight is 1920 g/mol. The molecule has 0 unspecified atom stereocenters. The van der Waals surface area contributed by atoms with Crippen molar-refractivity contribution in [1.82, 2.24) is 0 Å². The van der Waals surface area contributed by atoms with E-state index in [1.54, 1.807) is 41.5 Å². The minimum atomic E-state index is -1.34. The number of carbonyl (C=O) groups is 10. The van der Waals surface area contributed by atoms with Gasteiger partial charge in [-0.25, -0.2) is 0 Å². The molecule has 0 aromatic carbocycles. The zero-order chi connectivity index (χ0) is 102. The molecule has 0 heterocycles. The maximum Gasteiger partial charge on any atom is 0.310 e. The number of aliphatic carboxylic acids is 4. The number of fused-ring (bicyclic) bond motifs is 16. The third-order valence-corrected chi connectivity index (χ3v) is 43.3. The van der Waals surface area contributed by atoms with Crippen LogP contribution in [0.3, 0.4) is 0 Å². The highest BCUT2D eigenvalue weighted by molar-refractivity contribution is 6.03. The number of carboxylic acids is 4. The quantitative estimate of drug-likeness (QED) is 0.0399. The van der Waals surface area contributed by atoms with E-state index in [0.717, 1.165) is 144 Å². The van der Waals surface area contributed by atoms with E-state index < -0.39 is 106 Å². The van der Waals surface area contributed by atoms with E-state index in [1.165, 1.54) is 0 Å². The Morgan fingerprint density at radius 1 is 0.326 bits per heavy atom. The van der Waals surface area contributed by atoms with Crippen LogP contribution in [0.4, 0.5) is 0 Å². The largest absolute Gasteiger partial charge is 0.481 e. The second-order valence-electron chi connectivity index (χ2n) is 50.7. The van der Waals surface area contributed by atoms with Crippen molar-refractivity contribution in [2.75, 3.05) is 0 Å². The number of rotatable bonds is 24. The molecular formula is C116H172O22. The summed E-state index contributed by atoms with van der Waals surface area (Å²) in [5, 5.41) is 126. The standard InChI is InChI=1S/2C29H44O6.2C29H42O5/c2*1-15(17(3)26(33)34)7-8-16(2)18-9-10-19-24-20(30)13-22-27(4,12-11-23(32)29(22,6)35)25(24)21(31)14-28(18,19)5;2*1-15(17(3)27(33)34)7-8-16(2)19-9-10-20-25-23(31)13-21-18(4)22(30)11-12-28(21,5)26(25)24(32)14-29(19,20)6/h2*16-20,22-23,30,32,35H,1,7-14H2,2-6H3,(H,33,34);2*16-21,23,31H,1,7-14H2,2-6H3,(H,33,34)/t16-,17+,18-,19+,20+,22-,23-,27+,28-,29-;16-,17-,18-,19+,20+,22-,23-,27+,28-,29-;16-,17+,18+,19-,20+,21+,23+,28+,29-;16-,17-,18+,19-,20+,21+,23+,28+,29-/m1111/s1. The average Bonchev–Trinajstić information content (AvgIpc) is 1.30. The lowest BCUT2D eigenvalue weighted by Gasteiger charge is -2.59. The van der Waals surface area contributed by atoms with Crippen molar-refractivity contribution in [3.8, 4) is 0 Å². The van der Waals surface area contributed by atoms with Gasteiger partial charge in [0.15, 0.2) is 23.1 Å². The van der Waals surface area contributed by atoms with Crippen molar-refractivity contribution in [3.05, 3.63) is 93.2 Å². The number of aliphatic hydroxyl groups excluding tert-OH is 6. The number of aliphatic hydroxyl groups is 8. The molecule has 138 heavy (non-hydrogen) atoms. The normalized spacial score (nSPS) is 43.1. The summed E-state index contributed by atoms with van der Waals surface area (Å²) in [4.78, 5) is 126. The molecule has 12 N–H and O–H groups in total. The van der Waals surface area contributed by atoms with Gasteiger partial charge in [0.2, 0.25) is 0 Å². The highest BCUT2D eigenvalue weighted by atomic mass is 16.4. The maximum absolute atomic E-state index is 13.9. The monoisotopic (exact) mass is 1920 g/mol. The molecule has 16 rings (SSSR count). The van der Waals surface area contributed by atoms with E-state index in [0.29, 0.717) is 176 Å². The number of Topliss-reactive ketones (excluding diaryl/α,β-unsaturated/α-hetero) is 6. The predicted octanol–water partition coefficient (Wildman–Crippen LogP) is 19.3.